The molecule has 0 radical (unpaired) electrons. The molecule has 2 N–H and O–H groups in total. The molecule has 1 aromatic carbocycles. The van der Waals surface area contributed by atoms with Gasteiger partial charge in [-0.3, -0.25) is 4.79 Å². The first-order valence-corrected chi connectivity index (χ1v) is 9.56. The Morgan fingerprint density at radius 1 is 1.25 bits per heavy atom. The molecule has 3 atom stereocenters. The molecule has 1 aromatic rings. The number of nitrogens with zero attached hydrogens (tertiary/aromatic N) is 1. The Labute approximate surface area is 145 Å². The van der Waals surface area contributed by atoms with Crippen molar-refractivity contribution in [2.75, 3.05) is 18.0 Å². The molecule has 130 valence electrons. The highest BCUT2D eigenvalue weighted by Crippen LogP contribution is 2.33. The average Bonchev–Trinajstić information content (AvgIpc) is 3.07. The molecule has 4 nitrogen and oxygen atoms in total. The monoisotopic (exact) mass is 327 g/mol. The number of hydrogen-bond acceptors (Lipinski definition) is 3. The molecule has 3 aliphatic heterocycles. The van der Waals surface area contributed by atoms with Crippen molar-refractivity contribution in [3.05, 3.63) is 29.8 Å². The fourth-order valence-electron chi connectivity index (χ4n) is 4.96. The Bertz CT molecular complexity index is 590. The zero-order valence-electron chi connectivity index (χ0n) is 14.6. The Morgan fingerprint density at radius 3 is 2.79 bits per heavy atom. The second-order valence-corrected chi connectivity index (χ2v) is 7.90. The van der Waals surface area contributed by atoms with Crippen molar-refractivity contribution in [1.82, 2.24) is 10.6 Å². The first-order chi connectivity index (χ1) is 11.7. The predicted octanol–water partition coefficient (Wildman–Crippen LogP) is 2.47. The Morgan fingerprint density at radius 2 is 2.00 bits per heavy atom. The first kappa shape index (κ1) is 15.9. The lowest BCUT2D eigenvalue weighted by Crippen LogP contribution is -2.41. The zero-order valence-corrected chi connectivity index (χ0v) is 14.6. The fraction of sp³-hybridized carbons (Fsp3) is 0.650. The van der Waals surface area contributed by atoms with Crippen LogP contribution in [-0.4, -0.2) is 37.1 Å². The lowest BCUT2D eigenvalue weighted by atomic mass is 9.89. The molecule has 0 spiro atoms. The molecular formula is C20H29N3O. The molecule has 3 heterocycles. The normalized spacial score (nSPS) is 31.1. The maximum atomic E-state index is 12.3. The van der Waals surface area contributed by atoms with Gasteiger partial charge in [0, 0.05) is 43.3 Å². The van der Waals surface area contributed by atoms with Crippen molar-refractivity contribution in [3.8, 4) is 0 Å². The van der Waals surface area contributed by atoms with Gasteiger partial charge in [-0.05, 0) is 56.6 Å². The number of rotatable bonds is 5. The van der Waals surface area contributed by atoms with Gasteiger partial charge in [-0.1, -0.05) is 18.2 Å². The van der Waals surface area contributed by atoms with Crippen molar-refractivity contribution in [1.29, 1.82) is 0 Å². The molecule has 4 rings (SSSR count). The van der Waals surface area contributed by atoms with Crippen LogP contribution in [0.4, 0.5) is 5.69 Å². The van der Waals surface area contributed by atoms with E-state index in [4.69, 9.17) is 0 Å². The number of para-hydroxylation sites is 1. The van der Waals surface area contributed by atoms with Gasteiger partial charge in [0.1, 0.15) is 0 Å². The van der Waals surface area contributed by atoms with Gasteiger partial charge in [0.15, 0.2) is 0 Å². The molecule has 2 saturated heterocycles. The largest absolute Gasteiger partial charge is 0.367 e. The third kappa shape index (κ3) is 3.30. The maximum absolute atomic E-state index is 12.3. The van der Waals surface area contributed by atoms with Crippen molar-refractivity contribution >= 4 is 11.6 Å². The van der Waals surface area contributed by atoms with Gasteiger partial charge in [0.25, 0.3) is 0 Å². The van der Waals surface area contributed by atoms with E-state index in [0.29, 0.717) is 30.5 Å². The van der Waals surface area contributed by atoms with E-state index < -0.39 is 0 Å². The minimum absolute atomic E-state index is 0.237. The third-order valence-corrected chi connectivity index (χ3v) is 6.07. The maximum Gasteiger partial charge on any atom is 0.220 e. The summed E-state index contributed by atoms with van der Waals surface area (Å²) in [6, 6.07) is 10.5. The number of nitrogens with one attached hydrogen (secondary N) is 2. The number of amides is 1. The Hall–Kier alpha value is -1.55. The summed E-state index contributed by atoms with van der Waals surface area (Å²) in [5, 5.41) is 6.81. The van der Waals surface area contributed by atoms with Gasteiger partial charge in [0.05, 0.1) is 0 Å². The highest BCUT2D eigenvalue weighted by molar-refractivity contribution is 5.76. The molecule has 24 heavy (non-hydrogen) atoms. The quantitative estimate of drug-likeness (QED) is 0.873. The number of carbonyl (C=O) groups is 1. The fourth-order valence-corrected chi connectivity index (χ4v) is 4.96. The summed E-state index contributed by atoms with van der Waals surface area (Å²) in [4.78, 5) is 14.7. The summed E-state index contributed by atoms with van der Waals surface area (Å²) in [7, 11) is 0. The van der Waals surface area contributed by atoms with E-state index in [1.807, 2.05) is 0 Å². The molecule has 0 aliphatic carbocycles. The van der Waals surface area contributed by atoms with Crippen molar-refractivity contribution in [2.45, 2.75) is 63.6 Å². The van der Waals surface area contributed by atoms with Crippen LogP contribution in [0.3, 0.4) is 0 Å². The third-order valence-electron chi connectivity index (χ3n) is 6.07. The van der Waals surface area contributed by atoms with Crippen molar-refractivity contribution in [2.24, 2.45) is 5.92 Å². The summed E-state index contributed by atoms with van der Waals surface area (Å²) < 4.78 is 0. The van der Waals surface area contributed by atoms with Crippen molar-refractivity contribution in [3.63, 3.8) is 0 Å². The lowest BCUT2D eigenvalue weighted by molar-refractivity contribution is -0.122. The lowest BCUT2D eigenvalue weighted by Gasteiger charge is -2.29. The number of hydrogen-bond donors (Lipinski definition) is 2. The van der Waals surface area contributed by atoms with Crippen LogP contribution in [0.2, 0.25) is 0 Å². The standard InChI is InChI=1S/C20H29N3O/c1-14-10-16-4-2-3-5-19(16)23(14)9-8-21-20(24)13-15-11-17-6-7-18(12-15)22-17/h2-5,14-15,17-18,22H,6-13H2,1H3,(H,21,24). The highest BCUT2D eigenvalue weighted by Gasteiger charge is 2.34. The van der Waals surface area contributed by atoms with Crippen LogP contribution in [0.5, 0.6) is 0 Å². The Balaban J connectivity index is 1.23. The molecule has 3 unspecified atom stereocenters. The average molecular weight is 327 g/mol. The second kappa shape index (κ2) is 6.75. The SMILES string of the molecule is CC1Cc2ccccc2N1CCNC(=O)CC1CC2CCC(C1)N2. The van der Waals surface area contributed by atoms with Crippen LogP contribution in [0.15, 0.2) is 24.3 Å². The van der Waals surface area contributed by atoms with E-state index >= 15 is 0 Å². The van der Waals surface area contributed by atoms with Gasteiger partial charge < -0.3 is 15.5 Å². The Kier molecular flexibility index (Phi) is 4.49. The first-order valence-electron chi connectivity index (χ1n) is 9.56. The van der Waals surface area contributed by atoms with Gasteiger partial charge >= 0.3 is 0 Å². The van der Waals surface area contributed by atoms with Crippen LogP contribution >= 0.6 is 0 Å². The molecule has 3 aliphatic rings. The predicted molar refractivity (Wildman–Crippen MR) is 97.3 cm³/mol. The van der Waals surface area contributed by atoms with Gasteiger partial charge in [-0.25, -0.2) is 0 Å². The van der Waals surface area contributed by atoms with Crippen molar-refractivity contribution < 1.29 is 4.79 Å². The van der Waals surface area contributed by atoms with E-state index in [1.165, 1.54) is 36.9 Å². The van der Waals surface area contributed by atoms with Crippen LogP contribution in [-0.2, 0) is 11.2 Å². The number of piperidine rings is 1. The molecule has 0 saturated carbocycles. The van der Waals surface area contributed by atoms with Gasteiger partial charge in [-0.2, -0.15) is 0 Å². The summed E-state index contributed by atoms with van der Waals surface area (Å²) in [6.45, 7) is 3.92. The summed E-state index contributed by atoms with van der Waals surface area (Å²) in [6.07, 6.45) is 6.79. The van der Waals surface area contributed by atoms with E-state index in [1.54, 1.807) is 0 Å². The van der Waals surface area contributed by atoms with E-state index in [-0.39, 0.29) is 5.91 Å². The van der Waals surface area contributed by atoms with Crippen LogP contribution < -0.4 is 15.5 Å². The molecule has 2 bridgehead atoms. The van der Waals surface area contributed by atoms with E-state index in [2.05, 4.69) is 46.7 Å². The number of anilines is 1. The smallest absolute Gasteiger partial charge is 0.220 e. The van der Waals surface area contributed by atoms with Crippen LogP contribution in [0, 0.1) is 5.92 Å². The summed E-state index contributed by atoms with van der Waals surface area (Å²) in [5.41, 5.74) is 2.77. The molecular weight excluding hydrogens is 298 g/mol. The highest BCUT2D eigenvalue weighted by atomic mass is 16.1. The van der Waals surface area contributed by atoms with Gasteiger partial charge in [-0.15, -0.1) is 0 Å². The minimum Gasteiger partial charge on any atom is -0.367 e. The van der Waals surface area contributed by atoms with E-state index in [9.17, 15) is 4.79 Å². The number of benzene rings is 1. The topological polar surface area (TPSA) is 44.4 Å². The molecule has 1 amide bonds. The summed E-state index contributed by atoms with van der Waals surface area (Å²) in [5.74, 6) is 0.816. The number of fused-ring (bicyclic) bond motifs is 3. The second-order valence-electron chi connectivity index (χ2n) is 7.90. The molecule has 0 aromatic heterocycles. The van der Waals surface area contributed by atoms with Crippen LogP contribution in [0.1, 0.15) is 44.6 Å². The van der Waals surface area contributed by atoms with Gasteiger partial charge in [0.2, 0.25) is 5.91 Å². The zero-order chi connectivity index (χ0) is 16.5. The minimum atomic E-state index is 0.237. The van der Waals surface area contributed by atoms with E-state index in [0.717, 1.165) is 19.5 Å². The molecule has 4 heteroatoms. The number of carbonyl (C=O) groups excluding carboxylic acids is 1. The van der Waals surface area contributed by atoms with Crippen LogP contribution in [0.25, 0.3) is 0 Å². The summed E-state index contributed by atoms with van der Waals surface area (Å²) >= 11 is 0. The molecule has 2 fully saturated rings.